The monoisotopic (exact) mass is 279 g/mol. The molecule has 2 atom stereocenters. The topological polar surface area (TPSA) is 51.0 Å². The first-order valence-corrected chi connectivity index (χ1v) is 6.93. The minimum Gasteiger partial charge on any atom is -0.497 e. The van der Waals surface area contributed by atoms with Gasteiger partial charge in [-0.05, 0) is 20.2 Å². The smallest absolute Gasteiger partial charge is 0.127 e. The molecule has 5 nitrogen and oxygen atoms in total. The zero-order valence-electron chi connectivity index (χ0n) is 12.8. The van der Waals surface area contributed by atoms with E-state index < -0.39 is 0 Å². The molecule has 112 valence electrons. The second-order valence-corrected chi connectivity index (χ2v) is 5.44. The van der Waals surface area contributed by atoms with Crippen molar-refractivity contribution < 1.29 is 9.47 Å². The number of rotatable bonds is 4. The molecule has 0 bridgehead atoms. The predicted octanol–water partition coefficient (Wildman–Crippen LogP) is 0.949. The fraction of sp³-hybridized carbons (Fsp3) is 0.600. The lowest BCUT2D eigenvalue weighted by atomic mass is 9.96. The highest BCUT2D eigenvalue weighted by Crippen LogP contribution is 2.31. The third-order valence-corrected chi connectivity index (χ3v) is 4.11. The second kappa shape index (κ2) is 6.43. The van der Waals surface area contributed by atoms with Crippen LogP contribution in [0, 0.1) is 0 Å². The van der Waals surface area contributed by atoms with E-state index in [0.29, 0.717) is 0 Å². The number of piperazine rings is 1. The Morgan fingerprint density at radius 1 is 1.20 bits per heavy atom. The Morgan fingerprint density at radius 3 is 2.60 bits per heavy atom. The van der Waals surface area contributed by atoms with E-state index in [4.69, 9.17) is 15.2 Å². The summed E-state index contributed by atoms with van der Waals surface area (Å²) >= 11 is 0. The maximum Gasteiger partial charge on any atom is 0.127 e. The lowest BCUT2D eigenvalue weighted by Crippen LogP contribution is -2.54. The molecule has 0 spiro atoms. The molecule has 0 aliphatic carbocycles. The molecular formula is C15H25N3O2. The largest absolute Gasteiger partial charge is 0.497 e. The van der Waals surface area contributed by atoms with E-state index in [1.165, 1.54) is 0 Å². The number of benzene rings is 1. The number of hydrogen-bond acceptors (Lipinski definition) is 5. The fourth-order valence-electron chi connectivity index (χ4n) is 2.73. The van der Waals surface area contributed by atoms with E-state index in [9.17, 15) is 0 Å². The summed E-state index contributed by atoms with van der Waals surface area (Å²) < 4.78 is 10.7. The van der Waals surface area contributed by atoms with Crippen molar-refractivity contribution in [2.75, 3.05) is 47.9 Å². The zero-order chi connectivity index (χ0) is 14.7. The van der Waals surface area contributed by atoms with Gasteiger partial charge < -0.3 is 20.1 Å². The van der Waals surface area contributed by atoms with Gasteiger partial charge in [-0.25, -0.2) is 0 Å². The van der Waals surface area contributed by atoms with Gasteiger partial charge in [0.05, 0.1) is 20.3 Å². The Hall–Kier alpha value is -1.30. The highest BCUT2D eigenvalue weighted by molar-refractivity contribution is 5.43. The number of nitrogens with two attached hydrogens (primary N) is 1. The lowest BCUT2D eigenvalue weighted by molar-refractivity contribution is 0.0967. The standard InChI is InChI=1S/C15H25N3O2/c1-17-7-8-18(2)13(10-17)15(16)12-6-5-11(19-3)9-14(12)20-4/h5-6,9,13,15H,7-8,10,16H2,1-4H3. The van der Waals surface area contributed by atoms with Crippen molar-refractivity contribution in [2.45, 2.75) is 12.1 Å². The predicted molar refractivity (Wildman–Crippen MR) is 80.4 cm³/mol. The van der Waals surface area contributed by atoms with Crippen LogP contribution in [0.1, 0.15) is 11.6 Å². The van der Waals surface area contributed by atoms with Gasteiger partial charge in [0.15, 0.2) is 0 Å². The highest BCUT2D eigenvalue weighted by atomic mass is 16.5. The van der Waals surface area contributed by atoms with Crippen LogP contribution in [0.15, 0.2) is 18.2 Å². The molecule has 5 heteroatoms. The van der Waals surface area contributed by atoms with Crippen LogP contribution in [0.4, 0.5) is 0 Å². The number of likely N-dealkylation sites (N-methyl/N-ethyl adjacent to an activating group) is 2. The van der Waals surface area contributed by atoms with Crippen molar-refractivity contribution in [1.82, 2.24) is 9.80 Å². The molecule has 20 heavy (non-hydrogen) atoms. The average molecular weight is 279 g/mol. The van der Waals surface area contributed by atoms with Gasteiger partial charge in [-0.2, -0.15) is 0 Å². The van der Waals surface area contributed by atoms with Gasteiger partial charge in [-0.1, -0.05) is 6.07 Å². The third-order valence-electron chi connectivity index (χ3n) is 4.11. The Bertz CT molecular complexity index is 453. The maximum absolute atomic E-state index is 6.50. The van der Waals surface area contributed by atoms with Gasteiger partial charge in [-0.15, -0.1) is 0 Å². The van der Waals surface area contributed by atoms with Crippen molar-refractivity contribution in [2.24, 2.45) is 5.73 Å². The molecule has 1 aliphatic heterocycles. The summed E-state index contributed by atoms with van der Waals surface area (Å²) in [5, 5.41) is 0. The van der Waals surface area contributed by atoms with Gasteiger partial charge in [0.2, 0.25) is 0 Å². The molecule has 2 rings (SSSR count). The number of hydrogen-bond donors (Lipinski definition) is 1. The molecule has 1 saturated heterocycles. The Morgan fingerprint density at radius 2 is 1.95 bits per heavy atom. The lowest BCUT2D eigenvalue weighted by Gasteiger charge is -2.41. The number of nitrogens with zero attached hydrogens (tertiary/aromatic N) is 2. The molecule has 1 aromatic rings. The van der Waals surface area contributed by atoms with E-state index in [2.05, 4.69) is 23.9 Å². The molecule has 0 amide bonds. The van der Waals surface area contributed by atoms with Gasteiger partial charge in [0.25, 0.3) is 0 Å². The summed E-state index contributed by atoms with van der Waals surface area (Å²) in [7, 11) is 7.59. The van der Waals surface area contributed by atoms with Crippen LogP contribution in [-0.2, 0) is 0 Å². The van der Waals surface area contributed by atoms with E-state index in [1.54, 1.807) is 14.2 Å². The maximum atomic E-state index is 6.50. The fourth-order valence-corrected chi connectivity index (χ4v) is 2.73. The van der Waals surface area contributed by atoms with Crippen LogP contribution in [0.5, 0.6) is 11.5 Å². The molecule has 1 aromatic carbocycles. The van der Waals surface area contributed by atoms with Crippen molar-refractivity contribution in [3.8, 4) is 11.5 Å². The Balaban J connectivity index is 2.25. The van der Waals surface area contributed by atoms with Crippen LogP contribution in [0.3, 0.4) is 0 Å². The van der Waals surface area contributed by atoms with Crippen molar-refractivity contribution in [3.05, 3.63) is 23.8 Å². The Kier molecular flexibility index (Phi) is 4.86. The first-order valence-electron chi connectivity index (χ1n) is 6.93. The Labute approximate surface area is 121 Å². The third kappa shape index (κ3) is 3.06. The molecular weight excluding hydrogens is 254 g/mol. The molecule has 1 aliphatic rings. The zero-order valence-corrected chi connectivity index (χ0v) is 12.8. The molecule has 0 radical (unpaired) electrons. The summed E-state index contributed by atoms with van der Waals surface area (Å²) in [6.07, 6.45) is 0. The molecule has 2 N–H and O–H groups in total. The molecule has 1 fully saturated rings. The quantitative estimate of drug-likeness (QED) is 0.889. The minimum atomic E-state index is -0.0800. The van der Waals surface area contributed by atoms with Crippen LogP contribution in [0.2, 0.25) is 0 Å². The summed E-state index contributed by atoms with van der Waals surface area (Å²) in [4.78, 5) is 4.65. The van der Waals surface area contributed by atoms with E-state index >= 15 is 0 Å². The normalized spacial score (nSPS) is 22.6. The number of ether oxygens (including phenoxy) is 2. The minimum absolute atomic E-state index is 0.0800. The van der Waals surface area contributed by atoms with Gasteiger partial charge in [-0.3, -0.25) is 4.90 Å². The van der Waals surface area contributed by atoms with E-state index in [0.717, 1.165) is 36.7 Å². The summed E-state index contributed by atoms with van der Waals surface area (Å²) in [5.74, 6) is 1.57. The molecule has 0 aromatic heterocycles. The average Bonchev–Trinajstić information content (AvgIpc) is 2.48. The highest BCUT2D eigenvalue weighted by Gasteiger charge is 2.30. The first kappa shape index (κ1) is 15.1. The van der Waals surface area contributed by atoms with Gasteiger partial charge in [0, 0.05) is 37.3 Å². The molecule has 0 saturated carbocycles. The van der Waals surface area contributed by atoms with Crippen molar-refractivity contribution in [3.63, 3.8) is 0 Å². The van der Waals surface area contributed by atoms with Crippen molar-refractivity contribution >= 4 is 0 Å². The van der Waals surface area contributed by atoms with Crippen molar-refractivity contribution in [1.29, 1.82) is 0 Å². The number of methoxy groups -OCH3 is 2. The van der Waals surface area contributed by atoms with Crippen LogP contribution < -0.4 is 15.2 Å². The van der Waals surface area contributed by atoms with Crippen LogP contribution in [-0.4, -0.2) is 63.8 Å². The van der Waals surface area contributed by atoms with Crippen LogP contribution >= 0.6 is 0 Å². The molecule has 2 unspecified atom stereocenters. The van der Waals surface area contributed by atoms with Gasteiger partial charge in [0.1, 0.15) is 11.5 Å². The first-order chi connectivity index (χ1) is 9.56. The summed E-state index contributed by atoms with van der Waals surface area (Å²) in [6, 6.07) is 6.04. The van der Waals surface area contributed by atoms with Gasteiger partial charge >= 0.3 is 0 Å². The SMILES string of the molecule is COc1ccc(C(N)C2CN(C)CCN2C)c(OC)c1. The van der Waals surface area contributed by atoms with Crippen LogP contribution in [0.25, 0.3) is 0 Å². The molecule has 1 heterocycles. The summed E-state index contributed by atoms with van der Waals surface area (Å²) in [5.41, 5.74) is 7.53. The van der Waals surface area contributed by atoms with E-state index in [-0.39, 0.29) is 12.1 Å². The summed E-state index contributed by atoms with van der Waals surface area (Å²) in [6.45, 7) is 3.08. The second-order valence-electron chi connectivity index (χ2n) is 5.44. The van der Waals surface area contributed by atoms with E-state index in [1.807, 2.05) is 18.2 Å².